The lowest BCUT2D eigenvalue weighted by atomic mass is 10.2. The average Bonchev–Trinajstić information content (AvgIpc) is 2.88. The van der Waals surface area contributed by atoms with Crippen molar-refractivity contribution in [3.63, 3.8) is 0 Å². The summed E-state index contributed by atoms with van der Waals surface area (Å²) < 4.78 is 1.87. The van der Waals surface area contributed by atoms with Crippen molar-refractivity contribution in [2.24, 2.45) is 7.05 Å². The van der Waals surface area contributed by atoms with Crippen LogP contribution in [0.5, 0.6) is 0 Å². The molecular formula is C20H19N5. The highest BCUT2D eigenvalue weighted by atomic mass is 15.3. The van der Waals surface area contributed by atoms with E-state index in [0.717, 1.165) is 39.4 Å². The number of para-hydroxylation sites is 1. The van der Waals surface area contributed by atoms with Crippen LogP contribution in [0.2, 0.25) is 0 Å². The van der Waals surface area contributed by atoms with E-state index in [0.29, 0.717) is 5.82 Å². The number of hydrogen-bond acceptors (Lipinski definition) is 4. The van der Waals surface area contributed by atoms with E-state index in [-0.39, 0.29) is 0 Å². The third-order valence-corrected chi connectivity index (χ3v) is 4.39. The summed E-state index contributed by atoms with van der Waals surface area (Å²) in [5.41, 5.74) is 4.92. The lowest BCUT2D eigenvalue weighted by Gasteiger charge is -2.11. The van der Waals surface area contributed by atoms with Crippen molar-refractivity contribution in [1.29, 1.82) is 0 Å². The van der Waals surface area contributed by atoms with Gasteiger partial charge in [0.25, 0.3) is 0 Å². The molecule has 0 aliphatic rings. The summed E-state index contributed by atoms with van der Waals surface area (Å²) in [4.78, 5) is 9.52. The van der Waals surface area contributed by atoms with E-state index < -0.39 is 0 Å². The van der Waals surface area contributed by atoms with E-state index in [1.165, 1.54) is 0 Å². The van der Waals surface area contributed by atoms with Gasteiger partial charge < -0.3 is 5.32 Å². The number of anilines is 2. The summed E-state index contributed by atoms with van der Waals surface area (Å²) >= 11 is 0. The second kappa shape index (κ2) is 6.02. The Bertz CT molecular complexity index is 1050. The van der Waals surface area contributed by atoms with Gasteiger partial charge in [-0.05, 0) is 26.0 Å². The van der Waals surface area contributed by atoms with Gasteiger partial charge in [-0.15, -0.1) is 0 Å². The van der Waals surface area contributed by atoms with E-state index in [2.05, 4.69) is 10.4 Å². The number of nitrogens with zero attached hydrogens (tertiary/aromatic N) is 4. The summed E-state index contributed by atoms with van der Waals surface area (Å²) in [6, 6.07) is 18.1. The summed E-state index contributed by atoms with van der Waals surface area (Å²) in [6.45, 7) is 4.04. The third kappa shape index (κ3) is 2.74. The Hall–Kier alpha value is -3.21. The van der Waals surface area contributed by atoms with Crippen molar-refractivity contribution < 1.29 is 0 Å². The monoisotopic (exact) mass is 329 g/mol. The maximum absolute atomic E-state index is 4.80. The van der Waals surface area contributed by atoms with E-state index in [1.807, 2.05) is 80.2 Å². The van der Waals surface area contributed by atoms with Crippen LogP contribution in [0.1, 0.15) is 11.4 Å². The van der Waals surface area contributed by atoms with E-state index in [4.69, 9.17) is 9.97 Å². The first-order valence-electron chi connectivity index (χ1n) is 8.23. The number of benzene rings is 2. The van der Waals surface area contributed by atoms with Crippen LogP contribution in [-0.4, -0.2) is 19.7 Å². The maximum atomic E-state index is 4.80. The van der Waals surface area contributed by atoms with Gasteiger partial charge in [-0.25, -0.2) is 9.97 Å². The first-order chi connectivity index (χ1) is 12.1. The van der Waals surface area contributed by atoms with Crippen LogP contribution in [0.4, 0.5) is 11.5 Å². The van der Waals surface area contributed by atoms with Crippen LogP contribution >= 0.6 is 0 Å². The highest BCUT2D eigenvalue weighted by Crippen LogP contribution is 2.29. The average molecular weight is 329 g/mol. The SMILES string of the molecule is Cc1nn(C)c(C)c1Nc1nc(-c2ccccc2)nc2ccccc12. The number of aryl methyl sites for hydroxylation is 2. The van der Waals surface area contributed by atoms with Gasteiger partial charge in [0.05, 0.1) is 22.6 Å². The Balaban J connectivity index is 1.90. The Morgan fingerprint density at radius 1 is 0.880 bits per heavy atom. The Morgan fingerprint density at radius 3 is 2.32 bits per heavy atom. The summed E-state index contributed by atoms with van der Waals surface area (Å²) in [5, 5.41) is 8.95. The maximum Gasteiger partial charge on any atom is 0.162 e. The van der Waals surface area contributed by atoms with Crippen LogP contribution in [0, 0.1) is 13.8 Å². The number of aromatic nitrogens is 4. The van der Waals surface area contributed by atoms with Gasteiger partial charge in [-0.3, -0.25) is 4.68 Å². The van der Waals surface area contributed by atoms with Crippen molar-refractivity contribution in [3.8, 4) is 11.4 Å². The first kappa shape index (κ1) is 15.3. The first-order valence-corrected chi connectivity index (χ1v) is 8.23. The topological polar surface area (TPSA) is 55.6 Å². The molecule has 25 heavy (non-hydrogen) atoms. The standard InChI is InChI=1S/C20H19N5/c1-13-18(14(2)25(3)24-13)22-20-16-11-7-8-12-17(16)21-19(23-20)15-9-5-4-6-10-15/h4-12H,1-3H3,(H,21,22,23). The van der Waals surface area contributed by atoms with Gasteiger partial charge >= 0.3 is 0 Å². The minimum atomic E-state index is 0.709. The quantitative estimate of drug-likeness (QED) is 0.605. The highest BCUT2D eigenvalue weighted by molar-refractivity contribution is 5.92. The van der Waals surface area contributed by atoms with Crippen LogP contribution in [0.25, 0.3) is 22.3 Å². The summed E-state index contributed by atoms with van der Waals surface area (Å²) in [6.07, 6.45) is 0. The molecule has 5 heteroatoms. The number of nitrogens with one attached hydrogen (secondary N) is 1. The smallest absolute Gasteiger partial charge is 0.162 e. The molecule has 0 unspecified atom stereocenters. The molecule has 0 aliphatic heterocycles. The van der Waals surface area contributed by atoms with E-state index in [1.54, 1.807) is 0 Å². The van der Waals surface area contributed by atoms with Crippen LogP contribution in [0.15, 0.2) is 54.6 Å². The predicted octanol–water partition coefficient (Wildman–Crippen LogP) is 4.39. The molecule has 0 radical (unpaired) electrons. The fourth-order valence-corrected chi connectivity index (χ4v) is 2.96. The lowest BCUT2D eigenvalue weighted by molar-refractivity contribution is 0.731. The Labute approximate surface area is 146 Å². The van der Waals surface area contributed by atoms with Gasteiger partial charge in [0.1, 0.15) is 5.82 Å². The number of hydrogen-bond donors (Lipinski definition) is 1. The molecule has 0 amide bonds. The molecule has 2 heterocycles. The molecule has 5 nitrogen and oxygen atoms in total. The molecule has 1 N–H and O–H groups in total. The fraction of sp³-hybridized carbons (Fsp3) is 0.150. The molecule has 2 aromatic heterocycles. The molecule has 0 atom stereocenters. The molecule has 0 saturated heterocycles. The number of rotatable bonds is 3. The van der Waals surface area contributed by atoms with Gasteiger partial charge in [0, 0.05) is 18.0 Å². The minimum absolute atomic E-state index is 0.709. The molecular weight excluding hydrogens is 310 g/mol. The highest BCUT2D eigenvalue weighted by Gasteiger charge is 2.14. The van der Waals surface area contributed by atoms with Crippen molar-refractivity contribution in [3.05, 3.63) is 66.0 Å². The molecule has 0 aliphatic carbocycles. The predicted molar refractivity (Wildman–Crippen MR) is 101 cm³/mol. The zero-order valence-electron chi connectivity index (χ0n) is 14.5. The van der Waals surface area contributed by atoms with Crippen molar-refractivity contribution >= 4 is 22.4 Å². The Kier molecular flexibility index (Phi) is 3.69. The molecule has 0 bridgehead atoms. The summed E-state index contributed by atoms with van der Waals surface area (Å²) in [7, 11) is 1.95. The van der Waals surface area contributed by atoms with Crippen molar-refractivity contribution in [1.82, 2.24) is 19.7 Å². The molecule has 4 aromatic rings. The van der Waals surface area contributed by atoms with Crippen molar-refractivity contribution in [2.75, 3.05) is 5.32 Å². The van der Waals surface area contributed by atoms with Crippen LogP contribution in [0.3, 0.4) is 0 Å². The zero-order valence-corrected chi connectivity index (χ0v) is 14.5. The Morgan fingerprint density at radius 2 is 1.60 bits per heavy atom. The van der Waals surface area contributed by atoms with Crippen LogP contribution < -0.4 is 5.32 Å². The molecule has 0 saturated carbocycles. The van der Waals surface area contributed by atoms with Gasteiger partial charge in [-0.2, -0.15) is 5.10 Å². The molecule has 124 valence electrons. The van der Waals surface area contributed by atoms with E-state index >= 15 is 0 Å². The fourth-order valence-electron chi connectivity index (χ4n) is 2.96. The van der Waals surface area contributed by atoms with Gasteiger partial charge in [0.2, 0.25) is 0 Å². The summed E-state index contributed by atoms with van der Waals surface area (Å²) in [5.74, 6) is 1.50. The minimum Gasteiger partial charge on any atom is -0.337 e. The molecule has 0 fully saturated rings. The molecule has 4 rings (SSSR count). The van der Waals surface area contributed by atoms with E-state index in [9.17, 15) is 0 Å². The second-order valence-corrected chi connectivity index (χ2v) is 6.07. The lowest BCUT2D eigenvalue weighted by Crippen LogP contribution is -2.01. The largest absolute Gasteiger partial charge is 0.337 e. The zero-order chi connectivity index (χ0) is 17.4. The van der Waals surface area contributed by atoms with Crippen molar-refractivity contribution in [2.45, 2.75) is 13.8 Å². The van der Waals surface area contributed by atoms with Gasteiger partial charge in [0.15, 0.2) is 5.82 Å². The molecule has 0 spiro atoms. The van der Waals surface area contributed by atoms with Gasteiger partial charge in [-0.1, -0.05) is 42.5 Å². The normalized spacial score (nSPS) is 11.0. The van der Waals surface area contributed by atoms with Crippen LogP contribution in [-0.2, 0) is 7.05 Å². The third-order valence-electron chi connectivity index (χ3n) is 4.39. The number of fused-ring (bicyclic) bond motifs is 1. The second-order valence-electron chi connectivity index (χ2n) is 6.07. The molecule has 2 aromatic carbocycles.